The van der Waals surface area contributed by atoms with Crippen LogP contribution < -0.4 is 10.2 Å². The van der Waals surface area contributed by atoms with Crippen molar-refractivity contribution in [3.8, 4) is 0 Å². The van der Waals surface area contributed by atoms with Crippen LogP contribution in [0.1, 0.15) is 26.7 Å². The Kier molecular flexibility index (Phi) is 5.46. The zero-order chi connectivity index (χ0) is 19.8. The lowest BCUT2D eigenvalue weighted by atomic mass is 9.92. The molecule has 3 rings (SSSR count). The number of amides is 2. The molecule has 1 saturated heterocycles. The summed E-state index contributed by atoms with van der Waals surface area (Å²) in [5, 5.41) is 2.48. The van der Waals surface area contributed by atoms with E-state index in [1.165, 1.54) is 12.1 Å². The van der Waals surface area contributed by atoms with Crippen molar-refractivity contribution in [3.63, 3.8) is 0 Å². The minimum absolute atomic E-state index is 0.0915. The Morgan fingerprint density at radius 1 is 1.19 bits per heavy atom. The highest BCUT2D eigenvalue weighted by Gasteiger charge is 2.49. The second-order valence-corrected chi connectivity index (χ2v) is 7.73. The lowest BCUT2D eigenvalue weighted by molar-refractivity contribution is -0.158. The molecule has 2 amide bonds. The molecule has 148 valence electrons. The summed E-state index contributed by atoms with van der Waals surface area (Å²) >= 11 is 0. The molecule has 0 spiro atoms. The summed E-state index contributed by atoms with van der Waals surface area (Å²) in [5.41, 5.74) is 0.316. The SMILES string of the molecule is C[C@@H]1C[C@@H](C)CN(CC(=O)N2c3ccccc3NC(=O)C[C@@H]2C(F)(F)F)C1. The molecular weight excluding hydrogens is 359 g/mol. The van der Waals surface area contributed by atoms with Gasteiger partial charge in [0.2, 0.25) is 11.8 Å². The van der Waals surface area contributed by atoms with Gasteiger partial charge in [0.1, 0.15) is 6.04 Å². The van der Waals surface area contributed by atoms with Crippen molar-refractivity contribution in [2.75, 3.05) is 29.9 Å². The fourth-order valence-corrected chi connectivity index (χ4v) is 4.18. The number of rotatable bonds is 2. The molecule has 0 bridgehead atoms. The normalized spacial score (nSPS) is 26.9. The third kappa shape index (κ3) is 4.43. The highest BCUT2D eigenvalue weighted by Crippen LogP contribution is 2.37. The fraction of sp³-hybridized carbons (Fsp3) is 0.579. The number of hydrogen-bond acceptors (Lipinski definition) is 3. The number of nitrogens with one attached hydrogen (secondary N) is 1. The van der Waals surface area contributed by atoms with Gasteiger partial charge in [-0.15, -0.1) is 0 Å². The van der Waals surface area contributed by atoms with E-state index in [1.54, 1.807) is 12.1 Å². The number of fused-ring (bicyclic) bond motifs is 1. The average molecular weight is 383 g/mol. The molecule has 2 aliphatic heterocycles. The topological polar surface area (TPSA) is 52.7 Å². The summed E-state index contributed by atoms with van der Waals surface area (Å²) in [6.07, 6.45) is -4.47. The Morgan fingerprint density at radius 2 is 1.81 bits per heavy atom. The lowest BCUT2D eigenvalue weighted by Gasteiger charge is -2.37. The van der Waals surface area contributed by atoms with Gasteiger partial charge in [0.25, 0.3) is 0 Å². The zero-order valence-corrected chi connectivity index (χ0v) is 15.4. The number of halogens is 3. The van der Waals surface area contributed by atoms with Gasteiger partial charge in [0.15, 0.2) is 0 Å². The first-order valence-corrected chi connectivity index (χ1v) is 9.15. The number of likely N-dealkylation sites (tertiary alicyclic amines) is 1. The number of piperidine rings is 1. The number of carbonyl (C=O) groups is 2. The number of para-hydroxylation sites is 2. The van der Waals surface area contributed by atoms with Crippen LogP contribution in [-0.4, -0.2) is 48.6 Å². The first kappa shape index (κ1) is 19.7. The molecule has 1 N–H and O–H groups in total. The Labute approximate surface area is 156 Å². The Hall–Kier alpha value is -2.09. The van der Waals surface area contributed by atoms with Crippen molar-refractivity contribution in [3.05, 3.63) is 24.3 Å². The van der Waals surface area contributed by atoms with Crippen LogP contribution in [0.3, 0.4) is 0 Å². The summed E-state index contributed by atoms with van der Waals surface area (Å²) in [6, 6.07) is 3.96. The zero-order valence-electron chi connectivity index (χ0n) is 15.4. The molecule has 3 atom stereocenters. The third-order valence-electron chi connectivity index (χ3n) is 5.08. The first-order chi connectivity index (χ1) is 12.6. The van der Waals surface area contributed by atoms with Gasteiger partial charge < -0.3 is 5.32 Å². The van der Waals surface area contributed by atoms with Crippen LogP contribution in [0.25, 0.3) is 0 Å². The lowest BCUT2D eigenvalue weighted by Crippen LogP contribution is -2.53. The number of hydrogen-bond donors (Lipinski definition) is 1. The van der Waals surface area contributed by atoms with Crippen molar-refractivity contribution in [2.45, 2.75) is 38.9 Å². The van der Waals surface area contributed by atoms with Gasteiger partial charge in [-0.3, -0.25) is 19.4 Å². The molecule has 1 aromatic carbocycles. The first-order valence-electron chi connectivity index (χ1n) is 9.15. The highest BCUT2D eigenvalue weighted by atomic mass is 19.4. The number of benzene rings is 1. The van der Waals surface area contributed by atoms with Gasteiger partial charge in [-0.25, -0.2) is 0 Å². The molecular formula is C19H24F3N3O2. The minimum atomic E-state index is -4.70. The Bertz CT molecular complexity index is 712. The largest absolute Gasteiger partial charge is 0.409 e. The summed E-state index contributed by atoms with van der Waals surface area (Å²) in [6.45, 7) is 5.42. The molecule has 1 fully saturated rings. The van der Waals surface area contributed by atoms with E-state index in [2.05, 4.69) is 19.2 Å². The number of nitrogens with zero attached hydrogens (tertiary/aromatic N) is 2. The van der Waals surface area contributed by atoms with Crippen LogP contribution >= 0.6 is 0 Å². The molecule has 2 aliphatic rings. The fourth-order valence-electron chi connectivity index (χ4n) is 4.18. The molecule has 27 heavy (non-hydrogen) atoms. The summed E-state index contributed by atoms with van der Waals surface area (Å²) < 4.78 is 41.1. The second kappa shape index (κ2) is 7.50. The van der Waals surface area contributed by atoms with E-state index >= 15 is 0 Å². The molecule has 1 aromatic rings. The molecule has 0 aromatic heterocycles. The van der Waals surface area contributed by atoms with Crippen LogP contribution in [-0.2, 0) is 9.59 Å². The van der Waals surface area contributed by atoms with Gasteiger partial charge in [0, 0.05) is 13.1 Å². The second-order valence-electron chi connectivity index (χ2n) is 7.73. The van der Waals surface area contributed by atoms with Crippen molar-refractivity contribution in [2.24, 2.45) is 11.8 Å². The van der Waals surface area contributed by atoms with Crippen molar-refractivity contribution >= 4 is 23.2 Å². The van der Waals surface area contributed by atoms with E-state index in [-0.39, 0.29) is 17.9 Å². The molecule has 0 saturated carbocycles. The molecule has 0 aliphatic carbocycles. The number of carbonyl (C=O) groups excluding carboxylic acids is 2. The van der Waals surface area contributed by atoms with E-state index < -0.39 is 30.5 Å². The number of anilines is 2. The van der Waals surface area contributed by atoms with Crippen molar-refractivity contribution in [1.82, 2.24) is 4.90 Å². The summed E-state index contributed by atoms with van der Waals surface area (Å²) in [5.74, 6) is -0.609. The quantitative estimate of drug-likeness (QED) is 0.853. The van der Waals surface area contributed by atoms with Crippen molar-refractivity contribution in [1.29, 1.82) is 0 Å². The van der Waals surface area contributed by atoms with Crippen LogP contribution in [0.15, 0.2) is 24.3 Å². The smallest absolute Gasteiger partial charge is 0.324 e. The monoisotopic (exact) mass is 383 g/mol. The molecule has 0 unspecified atom stereocenters. The van der Waals surface area contributed by atoms with Crippen LogP contribution in [0.4, 0.5) is 24.5 Å². The van der Waals surface area contributed by atoms with Crippen LogP contribution in [0.5, 0.6) is 0 Å². The van der Waals surface area contributed by atoms with Gasteiger partial charge in [-0.05, 0) is 30.4 Å². The highest BCUT2D eigenvalue weighted by molar-refractivity contribution is 6.05. The summed E-state index contributed by atoms with van der Waals surface area (Å²) in [4.78, 5) is 27.7. The maximum Gasteiger partial charge on any atom is 0.409 e. The maximum atomic E-state index is 13.7. The van der Waals surface area contributed by atoms with Crippen LogP contribution in [0.2, 0.25) is 0 Å². The van der Waals surface area contributed by atoms with Crippen molar-refractivity contribution < 1.29 is 22.8 Å². The Morgan fingerprint density at radius 3 is 2.44 bits per heavy atom. The molecule has 0 radical (unpaired) electrons. The van der Waals surface area contributed by atoms with E-state index in [1.807, 2.05) is 4.90 Å². The standard InChI is InChI=1S/C19H24F3N3O2/c1-12-7-13(2)10-24(9-12)11-18(27)25-15-6-4-3-5-14(15)23-17(26)8-16(25)19(20,21)22/h3-6,12-13,16H,7-11H2,1-2H3,(H,23,26)/t12-,13-,16-/m1/s1. The third-order valence-corrected chi connectivity index (χ3v) is 5.08. The molecule has 5 nitrogen and oxygen atoms in total. The number of alkyl halides is 3. The maximum absolute atomic E-state index is 13.7. The summed E-state index contributed by atoms with van der Waals surface area (Å²) in [7, 11) is 0. The predicted molar refractivity (Wildman–Crippen MR) is 96.4 cm³/mol. The molecule has 8 heteroatoms. The van der Waals surface area contributed by atoms with Gasteiger partial charge in [-0.1, -0.05) is 26.0 Å². The van der Waals surface area contributed by atoms with E-state index in [0.29, 0.717) is 24.9 Å². The van der Waals surface area contributed by atoms with Gasteiger partial charge in [0.05, 0.1) is 24.3 Å². The molecule has 2 heterocycles. The van der Waals surface area contributed by atoms with E-state index in [0.717, 1.165) is 11.3 Å². The Balaban J connectivity index is 1.93. The predicted octanol–water partition coefficient (Wildman–Crippen LogP) is 3.27. The van der Waals surface area contributed by atoms with Crippen LogP contribution in [0, 0.1) is 11.8 Å². The van der Waals surface area contributed by atoms with E-state index in [4.69, 9.17) is 0 Å². The average Bonchev–Trinajstić information content (AvgIpc) is 2.69. The van der Waals surface area contributed by atoms with E-state index in [9.17, 15) is 22.8 Å². The van der Waals surface area contributed by atoms with Gasteiger partial charge in [-0.2, -0.15) is 13.2 Å². The van der Waals surface area contributed by atoms with Gasteiger partial charge >= 0.3 is 6.18 Å². The minimum Gasteiger partial charge on any atom is -0.324 e.